The second-order valence-electron chi connectivity index (χ2n) is 14.0. The molecule has 4 aromatic carbocycles. The van der Waals surface area contributed by atoms with Gasteiger partial charge in [-0.3, -0.25) is 23.5 Å². The predicted molar refractivity (Wildman–Crippen MR) is 215 cm³/mol. The van der Waals surface area contributed by atoms with Gasteiger partial charge in [-0.2, -0.15) is 8.61 Å². The number of hydrogen-bond acceptors (Lipinski definition) is 11. The van der Waals surface area contributed by atoms with Crippen LogP contribution in [0.25, 0.3) is 0 Å². The fourth-order valence-electron chi connectivity index (χ4n) is 7.30. The maximum atomic E-state index is 13.2. The van der Waals surface area contributed by atoms with E-state index < -0.39 is 84.7 Å². The van der Waals surface area contributed by atoms with E-state index in [2.05, 4.69) is 5.32 Å². The fourth-order valence-corrected chi connectivity index (χ4v) is 12.7. The first-order valence-corrected chi connectivity index (χ1v) is 24.7. The summed E-state index contributed by atoms with van der Waals surface area (Å²) in [5.74, 6) is -2.61. The third-order valence-electron chi connectivity index (χ3n) is 10.3. The smallest absolute Gasteiger partial charge is 0.340 e. The molecule has 2 aliphatic heterocycles. The molecule has 0 radical (unpaired) electrons. The van der Waals surface area contributed by atoms with Crippen molar-refractivity contribution >= 4 is 58.6 Å². The molecule has 0 fully saturated rings. The minimum Gasteiger partial charge on any atom is -0.472 e. The SMILES string of the molecule is CCC(c1ccc(OCN2C(=O)c3ccccc3S2(=O)=O)cc1)C(CC)c1ccc(OCN2C(=O)c3ccccc3S2(=O)=O)c(NC(=O)CCC(P(=O)(O)O)P(=O)(O)O)c1. The van der Waals surface area contributed by atoms with Gasteiger partial charge in [0.2, 0.25) is 5.91 Å². The van der Waals surface area contributed by atoms with Gasteiger partial charge >= 0.3 is 15.2 Å². The van der Waals surface area contributed by atoms with Gasteiger partial charge in [0.1, 0.15) is 21.3 Å². The molecule has 18 nitrogen and oxygen atoms in total. The molecule has 60 heavy (non-hydrogen) atoms. The van der Waals surface area contributed by atoms with Gasteiger partial charge in [0.05, 0.1) is 16.8 Å². The predicted octanol–water partition coefficient (Wildman–Crippen LogP) is 5.14. The highest BCUT2D eigenvalue weighted by molar-refractivity contribution is 7.90. The normalized spacial score (nSPS) is 16.6. The average Bonchev–Trinajstić information content (AvgIpc) is 3.51. The Bertz CT molecular complexity index is 2630. The third-order valence-corrected chi connectivity index (χ3v) is 17.7. The number of carbonyl (C=O) groups excluding carboxylic acids is 3. The van der Waals surface area contributed by atoms with E-state index in [4.69, 9.17) is 9.47 Å². The van der Waals surface area contributed by atoms with Crippen LogP contribution in [-0.4, -0.2) is 81.6 Å². The zero-order valence-electron chi connectivity index (χ0n) is 32.0. The molecule has 22 heteroatoms. The molecule has 0 saturated carbocycles. The molecule has 2 heterocycles. The van der Waals surface area contributed by atoms with Crippen molar-refractivity contribution in [2.75, 3.05) is 18.8 Å². The van der Waals surface area contributed by atoms with Gasteiger partial charge in [0.25, 0.3) is 31.9 Å². The van der Waals surface area contributed by atoms with E-state index in [9.17, 15) is 59.9 Å². The Labute approximate surface area is 345 Å². The summed E-state index contributed by atoms with van der Waals surface area (Å²) in [6.45, 7) is 2.57. The van der Waals surface area contributed by atoms with Gasteiger partial charge in [-0.05, 0) is 90.8 Å². The van der Waals surface area contributed by atoms with Crippen LogP contribution < -0.4 is 14.8 Å². The van der Waals surface area contributed by atoms with Crippen molar-refractivity contribution in [3.63, 3.8) is 0 Å². The molecule has 320 valence electrons. The Morgan fingerprint density at radius 3 is 1.63 bits per heavy atom. The number of sulfonamides is 2. The maximum absolute atomic E-state index is 13.2. The molecule has 2 atom stereocenters. The number of fused-ring (bicyclic) bond motifs is 2. The summed E-state index contributed by atoms with van der Waals surface area (Å²) in [5, 5.41) is 0.133. The molecular weight excluding hydrogens is 865 g/mol. The molecule has 2 unspecified atom stereocenters. The number of carbonyl (C=O) groups is 3. The van der Waals surface area contributed by atoms with E-state index in [-0.39, 0.29) is 44.2 Å². The number of hydrogen-bond donors (Lipinski definition) is 5. The minimum absolute atomic E-state index is 0.0198. The third kappa shape index (κ3) is 8.92. The summed E-state index contributed by atoms with van der Waals surface area (Å²) in [7, 11) is -19.0. The molecule has 3 amide bonds. The van der Waals surface area contributed by atoms with Gasteiger partial charge in [0.15, 0.2) is 18.9 Å². The second-order valence-corrected chi connectivity index (χ2v) is 21.6. The Kier molecular flexibility index (Phi) is 12.8. The Hall–Kier alpha value is -4.91. The quantitative estimate of drug-likeness (QED) is 0.0859. The lowest BCUT2D eigenvalue weighted by molar-refractivity contribution is -0.116. The summed E-state index contributed by atoms with van der Waals surface area (Å²) >= 11 is 0. The summed E-state index contributed by atoms with van der Waals surface area (Å²) < 4.78 is 88.7. The van der Waals surface area contributed by atoms with E-state index in [1.165, 1.54) is 48.5 Å². The van der Waals surface area contributed by atoms with Crippen LogP contribution in [0.5, 0.6) is 11.5 Å². The highest BCUT2D eigenvalue weighted by Gasteiger charge is 2.44. The number of amides is 3. The van der Waals surface area contributed by atoms with Crippen molar-refractivity contribution < 1.29 is 69.4 Å². The standard InChI is InChI=1S/C38H41N3O15P2S2/c1-3-27(24-13-16-26(17-14-24)55-22-40-37(43)29-9-5-7-11-33(29)59(40,51)52)28(4-2)25-15-18-32(56-23-41-38(44)30-10-6-8-12-34(30)60(41,53)54)31(21-25)39-35(42)19-20-36(57(45,46)47)58(48,49)50/h5-18,21,27-28,36H,3-4,19-20,22-23H2,1-2H3,(H,39,42)(H2,45,46,47)(H2,48,49,50). The topological polar surface area (TPSA) is 272 Å². The first kappa shape index (κ1) is 44.6. The zero-order chi connectivity index (χ0) is 43.8. The monoisotopic (exact) mass is 905 g/mol. The van der Waals surface area contributed by atoms with Crippen LogP contribution in [0.3, 0.4) is 0 Å². The molecule has 5 N–H and O–H groups in total. The van der Waals surface area contributed by atoms with Crippen LogP contribution in [-0.2, 0) is 34.0 Å². The van der Waals surface area contributed by atoms with E-state index in [1.54, 1.807) is 42.5 Å². The van der Waals surface area contributed by atoms with Gasteiger partial charge in [-0.1, -0.05) is 56.3 Å². The first-order chi connectivity index (χ1) is 28.2. The number of benzene rings is 4. The summed E-state index contributed by atoms with van der Waals surface area (Å²) in [4.78, 5) is 77.0. The Morgan fingerprint density at radius 2 is 1.15 bits per heavy atom. The van der Waals surface area contributed by atoms with E-state index in [0.717, 1.165) is 5.56 Å². The second kappa shape index (κ2) is 17.2. The van der Waals surface area contributed by atoms with Gasteiger partial charge < -0.3 is 34.4 Å². The lowest BCUT2D eigenvalue weighted by atomic mass is 9.78. The largest absolute Gasteiger partial charge is 0.472 e. The fraction of sp³-hybridized carbons (Fsp3) is 0.289. The highest BCUT2D eigenvalue weighted by Crippen LogP contribution is 2.61. The number of anilines is 1. The molecule has 6 rings (SSSR count). The van der Waals surface area contributed by atoms with Crippen molar-refractivity contribution in [2.24, 2.45) is 0 Å². The highest BCUT2D eigenvalue weighted by atomic mass is 32.2. The molecule has 0 saturated heterocycles. The zero-order valence-corrected chi connectivity index (χ0v) is 35.4. The average molecular weight is 906 g/mol. The first-order valence-electron chi connectivity index (χ1n) is 18.4. The van der Waals surface area contributed by atoms with Crippen molar-refractivity contribution in [3.8, 4) is 11.5 Å². The van der Waals surface area contributed by atoms with Crippen LogP contribution >= 0.6 is 15.2 Å². The Morgan fingerprint density at radius 1 is 0.683 bits per heavy atom. The molecule has 4 aromatic rings. The number of rotatable bonds is 17. The van der Waals surface area contributed by atoms with Gasteiger partial charge in [-0.25, -0.2) is 16.8 Å². The minimum atomic E-state index is -5.32. The number of ether oxygens (including phenoxy) is 2. The summed E-state index contributed by atoms with van der Waals surface area (Å²) in [5.41, 5.74) is 1.52. The lowest BCUT2D eigenvalue weighted by Gasteiger charge is -2.28. The molecule has 2 aliphatic rings. The van der Waals surface area contributed by atoms with Crippen molar-refractivity contribution in [3.05, 3.63) is 113 Å². The molecular formula is C38H41N3O15P2S2. The van der Waals surface area contributed by atoms with Crippen LogP contribution in [0.1, 0.15) is 83.2 Å². The van der Waals surface area contributed by atoms with Crippen molar-refractivity contribution in [2.45, 2.75) is 66.6 Å². The van der Waals surface area contributed by atoms with Crippen molar-refractivity contribution in [1.82, 2.24) is 8.61 Å². The number of nitrogens with zero attached hydrogens (tertiary/aromatic N) is 2. The van der Waals surface area contributed by atoms with Crippen LogP contribution in [0.2, 0.25) is 0 Å². The molecule has 0 spiro atoms. The van der Waals surface area contributed by atoms with E-state index in [1.807, 2.05) is 13.8 Å². The van der Waals surface area contributed by atoms with Crippen LogP contribution in [0.15, 0.2) is 101 Å². The lowest BCUT2D eigenvalue weighted by Crippen LogP contribution is -2.33. The van der Waals surface area contributed by atoms with Gasteiger partial charge in [-0.15, -0.1) is 0 Å². The Balaban J connectivity index is 1.23. The van der Waals surface area contributed by atoms with Crippen LogP contribution in [0.4, 0.5) is 5.69 Å². The van der Waals surface area contributed by atoms with Crippen molar-refractivity contribution in [1.29, 1.82) is 0 Å². The van der Waals surface area contributed by atoms with E-state index in [0.29, 0.717) is 32.8 Å². The summed E-state index contributed by atoms with van der Waals surface area (Å²) in [6.07, 6.45) is -0.432. The molecule has 0 aromatic heterocycles. The molecule has 0 aliphatic carbocycles. The van der Waals surface area contributed by atoms with Crippen LogP contribution in [0, 0.1) is 0 Å². The molecule has 0 bridgehead atoms. The van der Waals surface area contributed by atoms with E-state index >= 15 is 0 Å². The number of nitrogens with one attached hydrogen (secondary N) is 1. The van der Waals surface area contributed by atoms with Gasteiger partial charge in [0, 0.05) is 6.42 Å². The maximum Gasteiger partial charge on any atom is 0.340 e. The summed E-state index contributed by atoms with van der Waals surface area (Å²) in [6, 6.07) is 23.1.